The Bertz CT molecular complexity index is 400. The van der Waals surface area contributed by atoms with Gasteiger partial charge in [0, 0.05) is 4.47 Å². The van der Waals surface area contributed by atoms with Gasteiger partial charge in [0.15, 0.2) is 0 Å². The third-order valence-electron chi connectivity index (χ3n) is 4.12. The highest BCUT2D eigenvalue weighted by Crippen LogP contribution is 2.64. The molecule has 0 bridgehead atoms. The van der Waals surface area contributed by atoms with Gasteiger partial charge in [0.1, 0.15) is 0 Å². The van der Waals surface area contributed by atoms with Gasteiger partial charge in [-0.3, -0.25) is 0 Å². The van der Waals surface area contributed by atoms with Crippen molar-refractivity contribution in [3.63, 3.8) is 0 Å². The Hall–Kier alpha value is -0.340. The molecule has 1 aromatic carbocycles. The molecule has 0 aromatic heterocycles. The van der Waals surface area contributed by atoms with Crippen molar-refractivity contribution < 1.29 is 0 Å². The molecule has 2 heteroatoms. The average Bonchev–Trinajstić information content (AvgIpc) is 2.76. The maximum absolute atomic E-state index is 5.83. The van der Waals surface area contributed by atoms with Crippen LogP contribution >= 0.6 is 15.9 Å². The minimum absolute atomic E-state index is 0.376. The molecule has 1 nitrogen and oxygen atoms in total. The van der Waals surface area contributed by atoms with Crippen molar-refractivity contribution in [2.45, 2.75) is 33.6 Å². The Morgan fingerprint density at radius 2 is 1.75 bits per heavy atom. The predicted octanol–water partition coefficient (Wildman–Crippen LogP) is 3.76. The first-order valence-corrected chi connectivity index (χ1v) is 6.65. The Labute approximate surface area is 107 Å². The number of nitrogens with two attached hydrogens (primary N) is 1. The van der Waals surface area contributed by atoms with Gasteiger partial charge in [-0.15, -0.1) is 0 Å². The monoisotopic (exact) mass is 281 g/mol. The number of hydrogen-bond donors (Lipinski definition) is 1. The maximum Gasteiger partial charge on any atom is 0.0233 e. The highest BCUT2D eigenvalue weighted by atomic mass is 79.9. The van der Waals surface area contributed by atoms with E-state index in [9.17, 15) is 0 Å². The number of benzene rings is 1. The predicted molar refractivity (Wildman–Crippen MR) is 72.7 cm³/mol. The van der Waals surface area contributed by atoms with Crippen LogP contribution in [0, 0.1) is 25.2 Å². The second-order valence-electron chi connectivity index (χ2n) is 5.61. The van der Waals surface area contributed by atoms with Crippen molar-refractivity contribution in [2.75, 3.05) is 6.54 Å². The normalized spacial score (nSPS) is 26.9. The van der Waals surface area contributed by atoms with Crippen LogP contribution in [-0.4, -0.2) is 6.54 Å². The summed E-state index contributed by atoms with van der Waals surface area (Å²) in [5, 5.41) is 0. The molecule has 1 aliphatic rings. The summed E-state index contributed by atoms with van der Waals surface area (Å²) in [6.45, 7) is 9.76. The minimum Gasteiger partial charge on any atom is -0.330 e. The molecule has 0 amide bonds. The van der Waals surface area contributed by atoms with Gasteiger partial charge in [0.25, 0.3) is 0 Å². The lowest BCUT2D eigenvalue weighted by Gasteiger charge is -2.09. The van der Waals surface area contributed by atoms with Gasteiger partial charge >= 0.3 is 0 Å². The molecule has 0 saturated heterocycles. The van der Waals surface area contributed by atoms with Crippen LogP contribution in [0.3, 0.4) is 0 Å². The molecule has 2 rings (SSSR count). The molecule has 1 aliphatic carbocycles. The molecule has 1 aromatic rings. The van der Waals surface area contributed by atoms with E-state index >= 15 is 0 Å². The van der Waals surface area contributed by atoms with Crippen molar-refractivity contribution in [3.8, 4) is 0 Å². The first kappa shape index (κ1) is 12.1. The molecule has 0 heterocycles. The van der Waals surface area contributed by atoms with E-state index in [1.54, 1.807) is 0 Å². The van der Waals surface area contributed by atoms with Crippen LogP contribution in [0.4, 0.5) is 0 Å². The number of hydrogen-bond acceptors (Lipinski definition) is 1. The Morgan fingerprint density at radius 3 is 2.12 bits per heavy atom. The molecule has 88 valence electrons. The van der Waals surface area contributed by atoms with Crippen LogP contribution in [0.5, 0.6) is 0 Å². The number of rotatable bonds is 2. The van der Waals surface area contributed by atoms with Crippen LogP contribution in [0.2, 0.25) is 0 Å². The first-order valence-electron chi connectivity index (χ1n) is 5.86. The summed E-state index contributed by atoms with van der Waals surface area (Å²) in [5.41, 5.74) is 10.3. The van der Waals surface area contributed by atoms with Gasteiger partial charge in [-0.2, -0.15) is 0 Å². The van der Waals surface area contributed by atoms with Crippen LogP contribution < -0.4 is 5.73 Å². The molecule has 0 spiro atoms. The molecular weight excluding hydrogens is 262 g/mol. The molecule has 2 atom stereocenters. The lowest BCUT2D eigenvalue weighted by Crippen LogP contribution is -2.05. The molecule has 16 heavy (non-hydrogen) atoms. The topological polar surface area (TPSA) is 26.0 Å². The van der Waals surface area contributed by atoms with E-state index in [2.05, 4.69) is 55.8 Å². The van der Waals surface area contributed by atoms with Gasteiger partial charge in [-0.25, -0.2) is 0 Å². The summed E-state index contributed by atoms with van der Waals surface area (Å²) in [6.07, 6.45) is 0. The zero-order valence-corrected chi connectivity index (χ0v) is 12.1. The van der Waals surface area contributed by atoms with Crippen LogP contribution in [-0.2, 0) is 0 Å². The second-order valence-corrected chi connectivity index (χ2v) is 6.40. The smallest absolute Gasteiger partial charge is 0.0233 e. The zero-order valence-electron chi connectivity index (χ0n) is 10.5. The van der Waals surface area contributed by atoms with Crippen molar-refractivity contribution >= 4 is 15.9 Å². The fourth-order valence-electron chi connectivity index (χ4n) is 3.00. The van der Waals surface area contributed by atoms with E-state index in [0.717, 1.165) is 6.54 Å². The zero-order chi connectivity index (χ0) is 12.1. The van der Waals surface area contributed by atoms with E-state index in [4.69, 9.17) is 5.73 Å². The Morgan fingerprint density at radius 1 is 1.25 bits per heavy atom. The van der Waals surface area contributed by atoms with Crippen LogP contribution in [0.15, 0.2) is 16.6 Å². The molecular formula is C14H20BrN. The van der Waals surface area contributed by atoms with Crippen LogP contribution in [0.1, 0.15) is 36.5 Å². The first-order chi connectivity index (χ1) is 7.39. The highest BCUT2D eigenvalue weighted by molar-refractivity contribution is 9.10. The Balaban J connectivity index is 2.37. The lowest BCUT2D eigenvalue weighted by atomic mass is 9.99. The minimum atomic E-state index is 0.376. The van der Waals surface area contributed by atoms with E-state index in [0.29, 0.717) is 17.3 Å². The number of aryl methyl sites for hydroxylation is 2. The molecule has 0 radical (unpaired) electrons. The van der Waals surface area contributed by atoms with Crippen molar-refractivity contribution in [2.24, 2.45) is 17.1 Å². The van der Waals surface area contributed by atoms with Crippen molar-refractivity contribution in [1.29, 1.82) is 0 Å². The fraction of sp³-hybridized carbons (Fsp3) is 0.571. The molecule has 0 aliphatic heterocycles. The standard InChI is InChI=1S/C14H20BrN/c1-8-5-10(6-9(2)13(8)15)12-11(7-16)14(12,3)4/h5-6,11-12H,7,16H2,1-4H3. The maximum atomic E-state index is 5.83. The third kappa shape index (κ3) is 1.72. The second kappa shape index (κ2) is 3.85. The van der Waals surface area contributed by atoms with E-state index in [1.165, 1.54) is 21.2 Å². The fourth-order valence-corrected chi connectivity index (χ4v) is 3.23. The van der Waals surface area contributed by atoms with E-state index < -0.39 is 0 Å². The van der Waals surface area contributed by atoms with Crippen molar-refractivity contribution in [3.05, 3.63) is 33.3 Å². The summed E-state index contributed by atoms with van der Waals surface area (Å²) in [5.74, 6) is 1.29. The van der Waals surface area contributed by atoms with Crippen molar-refractivity contribution in [1.82, 2.24) is 0 Å². The van der Waals surface area contributed by atoms with Crippen LogP contribution in [0.25, 0.3) is 0 Å². The van der Waals surface area contributed by atoms with Gasteiger partial charge in [-0.1, -0.05) is 41.9 Å². The van der Waals surface area contributed by atoms with E-state index in [-0.39, 0.29) is 0 Å². The molecule has 2 unspecified atom stereocenters. The summed E-state index contributed by atoms with van der Waals surface area (Å²) in [6, 6.07) is 4.61. The SMILES string of the molecule is Cc1cc(C2C(CN)C2(C)C)cc(C)c1Br. The third-order valence-corrected chi connectivity index (χ3v) is 5.37. The largest absolute Gasteiger partial charge is 0.330 e. The highest BCUT2D eigenvalue weighted by Gasteiger charge is 2.57. The Kier molecular flexibility index (Phi) is 2.92. The molecule has 2 N–H and O–H groups in total. The van der Waals surface area contributed by atoms with Gasteiger partial charge < -0.3 is 5.73 Å². The average molecular weight is 282 g/mol. The van der Waals surface area contributed by atoms with Gasteiger partial charge in [0.05, 0.1) is 0 Å². The van der Waals surface area contributed by atoms with Gasteiger partial charge in [-0.05, 0) is 54.3 Å². The lowest BCUT2D eigenvalue weighted by molar-refractivity contribution is 0.558. The molecule has 1 fully saturated rings. The molecule has 1 saturated carbocycles. The quantitative estimate of drug-likeness (QED) is 0.878. The summed E-state index contributed by atoms with van der Waals surface area (Å²) in [7, 11) is 0. The summed E-state index contributed by atoms with van der Waals surface area (Å²) < 4.78 is 1.24. The summed E-state index contributed by atoms with van der Waals surface area (Å²) in [4.78, 5) is 0. The van der Waals surface area contributed by atoms with Gasteiger partial charge in [0.2, 0.25) is 0 Å². The number of halogens is 1. The van der Waals surface area contributed by atoms with E-state index in [1.807, 2.05) is 0 Å². The summed E-state index contributed by atoms with van der Waals surface area (Å²) >= 11 is 3.62.